The van der Waals surface area contributed by atoms with Crippen molar-refractivity contribution in [2.24, 2.45) is 17.6 Å². The highest BCUT2D eigenvalue weighted by atomic mass is 16.2. The van der Waals surface area contributed by atoms with Gasteiger partial charge in [-0.1, -0.05) is 19.8 Å². The molecule has 15 heavy (non-hydrogen) atoms. The van der Waals surface area contributed by atoms with Crippen LogP contribution >= 0.6 is 0 Å². The van der Waals surface area contributed by atoms with Gasteiger partial charge in [-0.25, -0.2) is 0 Å². The van der Waals surface area contributed by atoms with E-state index < -0.39 is 0 Å². The Morgan fingerprint density at radius 2 is 1.93 bits per heavy atom. The standard InChI is InChI=1S/C12H22N2O/c1-8-5-3-4-6-11(8)14(2)12(15)9-7-10(9)13/h8-11H,3-7,13H2,1-2H3. The van der Waals surface area contributed by atoms with E-state index in [9.17, 15) is 4.79 Å². The van der Waals surface area contributed by atoms with Crippen LogP contribution in [0, 0.1) is 11.8 Å². The highest BCUT2D eigenvalue weighted by Gasteiger charge is 2.43. The quantitative estimate of drug-likeness (QED) is 0.748. The van der Waals surface area contributed by atoms with Crippen LogP contribution in [0.4, 0.5) is 0 Å². The monoisotopic (exact) mass is 210 g/mol. The molecule has 0 aliphatic heterocycles. The van der Waals surface area contributed by atoms with E-state index in [1.807, 2.05) is 11.9 Å². The molecule has 86 valence electrons. The Balaban J connectivity index is 1.93. The molecule has 0 radical (unpaired) electrons. The molecule has 4 atom stereocenters. The maximum atomic E-state index is 12.0. The first-order valence-corrected chi connectivity index (χ1v) is 6.13. The van der Waals surface area contributed by atoms with Gasteiger partial charge in [0, 0.05) is 19.1 Å². The number of nitrogens with two attached hydrogens (primary N) is 1. The van der Waals surface area contributed by atoms with Crippen LogP contribution in [0.2, 0.25) is 0 Å². The Bertz CT molecular complexity index is 254. The van der Waals surface area contributed by atoms with E-state index in [4.69, 9.17) is 5.73 Å². The molecule has 2 saturated carbocycles. The maximum Gasteiger partial charge on any atom is 0.227 e. The molecule has 2 N–H and O–H groups in total. The van der Waals surface area contributed by atoms with Crippen LogP contribution < -0.4 is 5.73 Å². The van der Waals surface area contributed by atoms with Gasteiger partial charge in [-0.05, 0) is 25.2 Å². The molecule has 0 heterocycles. The van der Waals surface area contributed by atoms with Gasteiger partial charge in [0.05, 0.1) is 5.92 Å². The number of amides is 1. The summed E-state index contributed by atoms with van der Waals surface area (Å²) in [6.45, 7) is 2.26. The highest BCUT2D eigenvalue weighted by molar-refractivity contribution is 5.82. The Hall–Kier alpha value is -0.570. The number of rotatable bonds is 2. The average molecular weight is 210 g/mol. The predicted molar refractivity (Wildman–Crippen MR) is 60.3 cm³/mol. The van der Waals surface area contributed by atoms with Crippen molar-refractivity contribution in [1.29, 1.82) is 0 Å². The first kappa shape index (κ1) is 10.9. The molecule has 4 unspecified atom stereocenters. The van der Waals surface area contributed by atoms with Crippen molar-refractivity contribution in [3.8, 4) is 0 Å². The normalized spacial score (nSPS) is 39.9. The Morgan fingerprint density at radius 3 is 2.47 bits per heavy atom. The first-order chi connectivity index (χ1) is 7.11. The molecular formula is C12H22N2O. The molecule has 0 aromatic heterocycles. The summed E-state index contributed by atoms with van der Waals surface area (Å²) in [5.41, 5.74) is 5.72. The minimum absolute atomic E-state index is 0.129. The third-order valence-electron chi connectivity index (χ3n) is 4.07. The predicted octanol–water partition coefficient (Wildman–Crippen LogP) is 1.37. The number of nitrogens with zero attached hydrogens (tertiary/aromatic N) is 1. The van der Waals surface area contributed by atoms with Crippen LogP contribution in [0.15, 0.2) is 0 Å². The van der Waals surface area contributed by atoms with Crippen molar-refractivity contribution in [1.82, 2.24) is 4.90 Å². The van der Waals surface area contributed by atoms with Crippen molar-refractivity contribution in [3.05, 3.63) is 0 Å². The van der Waals surface area contributed by atoms with Crippen LogP contribution in [0.3, 0.4) is 0 Å². The van der Waals surface area contributed by atoms with E-state index in [2.05, 4.69) is 6.92 Å². The highest BCUT2D eigenvalue weighted by Crippen LogP contribution is 2.33. The number of carbonyl (C=O) groups is 1. The zero-order chi connectivity index (χ0) is 11.0. The summed E-state index contributed by atoms with van der Waals surface area (Å²) in [7, 11) is 1.96. The van der Waals surface area contributed by atoms with Gasteiger partial charge >= 0.3 is 0 Å². The summed E-state index contributed by atoms with van der Waals surface area (Å²) in [5.74, 6) is 1.06. The summed E-state index contributed by atoms with van der Waals surface area (Å²) in [4.78, 5) is 14.0. The van der Waals surface area contributed by atoms with Crippen molar-refractivity contribution in [3.63, 3.8) is 0 Å². The van der Waals surface area contributed by atoms with Crippen molar-refractivity contribution < 1.29 is 4.79 Å². The van der Waals surface area contributed by atoms with Crippen LogP contribution in [0.25, 0.3) is 0 Å². The molecule has 0 aromatic rings. The van der Waals surface area contributed by atoms with Gasteiger partial charge in [0.2, 0.25) is 5.91 Å². The number of hydrogen-bond donors (Lipinski definition) is 1. The van der Waals surface area contributed by atoms with Crippen LogP contribution in [0.1, 0.15) is 39.0 Å². The average Bonchev–Trinajstić information content (AvgIpc) is 2.94. The zero-order valence-electron chi connectivity index (χ0n) is 9.78. The molecule has 0 aromatic carbocycles. The van der Waals surface area contributed by atoms with Crippen molar-refractivity contribution >= 4 is 5.91 Å². The summed E-state index contributed by atoms with van der Waals surface area (Å²) in [5, 5.41) is 0. The topological polar surface area (TPSA) is 46.3 Å². The third-order valence-corrected chi connectivity index (χ3v) is 4.07. The molecule has 2 aliphatic carbocycles. The molecule has 0 spiro atoms. The summed E-state index contributed by atoms with van der Waals surface area (Å²) < 4.78 is 0. The molecule has 0 bridgehead atoms. The Morgan fingerprint density at radius 1 is 1.33 bits per heavy atom. The van der Waals surface area contributed by atoms with Gasteiger partial charge in [-0.3, -0.25) is 4.79 Å². The van der Waals surface area contributed by atoms with Gasteiger partial charge in [0.1, 0.15) is 0 Å². The molecular weight excluding hydrogens is 188 g/mol. The SMILES string of the molecule is CC1CCCCC1N(C)C(=O)C1CC1N. The lowest BCUT2D eigenvalue weighted by Gasteiger charge is -2.36. The van der Waals surface area contributed by atoms with Gasteiger partial charge in [-0.2, -0.15) is 0 Å². The van der Waals surface area contributed by atoms with Gasteiger partial charge in [-0.15, -0.1) is 0 Å². The van der Waals surface area contributed by atoms with Gasteiger partial charge in [0.15, 0.2) is 0 Å². The van der Waals surface area contributed by atoms with Gasteiger partial charge < -0.3 is 10.6 Å². The van der Waals surface area contributed by atoms with E-state index in [0.29, 0.717) is 12.0 Å². The van der Waals surface area contributed by atoms with Crippen LogP contribution in [-0.4, -0.2) is 29.9 Å². The van der Waals surface area contributed by atoms with Gasteiger partial charge in [0.25, 0.3) is 0 Å². The Kier molecular flexibility index (Phi) is 3.01. The molecule has 1 amide bonds. The molecule has 3 heteroatoms. The van der Waals surface area contributed by atoms with E-state index in [1.54, 1.807) is 0 Å². The summed E-state index contributed by atoms with van der Waals surface area (Å²) >= 11 is 0. The maximum absolute atomic E-state index is 12.0. The minimum Gasteiger partial charge on any atom is -0.342 e. The summed E-state index contributed by atoms with van der Waals surface area (Å²) in [6, 6.07) is 0.595. The molecule has 0 saturated heterocycles. The lowest BCUT2D eigenvalue weighted by molar-refractivity contribution is -0.135. The lowest BCUT2D eigenvalue weighted by atomic mass is 9.85. The fourth-order valence-electron chi connectivity index (χ4n) is 2.80. The molecule has 2 aliphatic rings. The zero-order valence-corrected chi connectivity index (χ0v) is 9.78. The van der Waals surface area contributed by atoms with E-state index in [1.165, 1.54) is 25.7 Å². The second-order valence-corrected chi connectivity index (χ2v) is 5.28. The second-order valence-electron chi connectivity index (χ2n) is 5.28. The lowest BCUT2D eigenvalue weighted by Crippen LogP contribution is -2.44. The number of carbonyl (C=O) groups excluding carboxylic acids is 1. The van der Waals surface area contributed by atoms with E-state index in [0.717, 1.165) is 6.42 Å². The molecule has 3 nitrogen and oxygen atoms in total. The molecule has 2 fully saturated rings. The molecule has 2 rings (SSSR count). The first-order valence-electron chi connectivity index (χ1n) is 6.13. The minimum atomic E-state index is 0.129. The fraction of sp³-hybridized carbons (Fsp3) is 0.917. The van der Waals surface area contributed by atoms with E-state index in [-0.39, 0.29) is 17.9 Å². The van der Waals surface area contributed by atoms with Crippen LogP contribution in [0.5, 0.6) is 0 Å². The van der Waals surface area contributed by atoms with Crippen molar-refractivity contribution in [2.45, 2.75) is 51.1 Å². The fourth-order valence-corrected chi connectivity index (χ4v) is 2.80. The van der Waals surface area contributed by atoms with E-state index >= 15 is 0 Å². The Labute approximate surface area is 92.0 Å². The largest absolute Gasteiger partial charge is 0.342 e. The van der Waals surface area contributed by atoms with Crippen molar-refractivity contribution in [2.75, 3.05) is 7.05 Å². The third kappa shape index (κ3) is 2.17. The summed E-state index contributed by atoms with van der Waals surface area (Å²) in [6.07, 6.45) is 5.92. The number of hydrogen-bond acceptors (Lipinski definition) is 2. The smallest absolute Gasteiger partial charge is 0.227 e. The second kappa shape index (κ2) is 4.12. The van der Waals surface area contributed by atoms with Crippen LogP contribution in [-0.2, 0) is 4.79 Å².